The second kappa shape index (κ2) is 7.40. The number of benzene rings is 2. The van der Waals surface area contributed by atoms with Gasteiger partial charge in [0.05, 0.1) is 0 Å². The Morgan fingerprint density at radius 3 is 2.50 bits per heavy atom. The monoisotopic (exact) mass is 359 g/mol. The highest BCUT2D eigenvalue weighted by molar-refractivity contribution is 9.10. The van der Waals surface area contributed by atoms with Crippen molar-refractivity contribution in [3.63, 3.8) is 0 Å². The van der Waals surface area contributed by atoms with Gasteiger partial charge in [0.15, 0.2) is 0 Å². The van der Waals surface area contributed by atoms with E-state index in [1.165, 1.54) is 11.1 Å². The zero-order valence-corrected chi connectivity index (χ0v) is 14.3. The van der Waals surface area contributed by atoms with Crippen LogP contribution in [0.5, 0.6) is 0 Å². The standard InChI is InChI=1S/C19H22BrNO/c20-18-8-4-5-16(13-18)14-21-15-19(9-11-22-12-10-19)17-6-2-1-3-7-17/h1-8,13,21H,9-12,14-15H2. The van der Waals surface area contributed by atoms with Gasteiger partial charge in [-0.15, -0.1) is 0 Å². The summed E-state index contributed by atoms with van der Waals surface area (Å²) >= 11 is 3.53. The van der Waals surface area contributed by atoms with E-state index in [-0.39, 0.29) is 5.41 Å². The fraction of sp³-hybridized carbons (Fsp3) is 0.368. The summed E-state index contributed by atoms with van der Waals surface area (Å²) in [7, 11) is 0. The lowest BCUT2D eigenvalue weighted by molar-refractivity contribution is 0.0498. The maximum absolute atomic E-state index is 5.59. The zero-order chi connectivity index (χ0) is 15.3. The third-order valence-corrected chi connectivity index (χ3v) is 5.01. The lowest BCUT2D eigenvalue weighted by Crippen LogP contribution is -2.42. The van der Waals surface area contributed by atoms with Gasteiger partial charge in [-0.25, -0.2) is 0 Å². The summed E-state index contributed by atoms with van der Waals surface area (Å²) in [4.78, 5) is 0. The van der Waals surface area contributed by atoms with Crippen molar-refractivity contribution in [2.45, 2.75) is 24.8 Å². The molecule has 3 heteroatoms. The molecule has 22 heavy (non-hydrogen) atoms. The highest BCUT2D eigenvalue weighted by atomic mass is 79.9. The molecule has 0 amide bonds. The molecular weight excluding hydrogens is 338 g/mol. The normalized spacial score (nSPS) is 17.3. The molecule has 0 radical (unpaired) electrons. The molecule has 0 spiro atoms. The molecule has 1 fully saturated rings. The van der Waals surface area contributed by atoms with Crippen molar-refractivity contribution in [2.24, 2.45) is 0 Å². The zero-order valence-electron chi connectivity index (χ0n) is 12.7. The third kappa shape index (κ3) is 3.78. The second-order valence-corrected chi connectivity index (χ2v) is 6.91. The van der Waals surface area contributed by atoms with Crippen LogP contribution in [0.1, 0.15) is 24.0 Å². The van der Waals surface area contributed by atoms with Gasteiger partial charge in [0, 0.05) is 36.2 Å². The molecule has 2 aromatic carbocycles. The summed E-state index contributed by atoms with van der Waals surface area (Å²) in [5.41, 5.74) is 2.94. The van der Waals surface area contributed by atoms with E-state index < -0.39 is 0 Å². The average Bonchev–Trinajstić information content (AvgIpc) is 2.57. The molecule has 0 bridgehead atoms. The van der Waals surface area contributed by atoms with E-state index >= 15 is 0 Å². The minimum absolute atomic E-state index is 0.200. The Bertz CT molecular complexity index is 593. The van der Waals surface area contributed by atoms with E-state index in [4.69, 9.17) is 4.74 Å². The van der Waals surface area contributed by atoms with Gasteiger partial charge in [0.2, 0.25) is 0 Å². The van der Waals surface area contributed by atoms with E-state index in [0.717, 1.165) is 43.6 Å². The average molecular weight is 360 g/mol. The van der Waals surface area contributed by atoms with Crippen LogP contribution in [0.15, 0.2) is 59.1 Å². The van der Waals surface area contributed by atoms with Gasteiger partial charge in [-0.05, 0) is 36.1 Å². The van der Waals surface area contributed by atoms with Crippen molar-refractivity contribution in [3.8, 4) is 0 Å². The van der Waals surface area contributed by atoms with Crippen molar-refractivity contribution < 1.29 is 4.74 Å². The minimum atomic E-state index is 0.200. The van der Waals surface area contributed by atoms with Gasteiger partial charge < -0.3 is 10.1 Å². The quantitative estimate of drug-likeness (QED) is 0.859. The Balaban J connectivity index is 1.68. The summed E-state index contributed by atoms with van der Waals surface area (Å²) in [5.74, 6) is 0. The molecule has 1 heterocycles. The highest BCUT2D eigenvalue weighted by Gasteiger charge is 2.33. The Morgan fingerprint density at radius 2 is 1.77 bits per heavy atom. The van der Waals surface area contributed by atoms with Crippen LogP contribution in [0.25, 0.3) is 0 Å². The molecule has 116 valence electrons. The van der Waals surface area contributed by atoms with Crippen molar-refractivity contribution in [2.75, 3.05) is 19.8 Å². The predicted molar refractivity (Wildman–Crippen MR) is 94.0 cm³/mol. The van der Waals surface area contributed by atoms with Crippen LogP contribution >= 0.6 is 15.9 Å². The molecule has 1 aliphatic rings. The smallest absolute Gasteiger partial charge is 0.0475 e. The van der Waals surface area contributed by atoms with E-state index in [1.54, 1.807) is 0 Å². The van der Waals surface area contributed by atoms with Crippen molar-refractivity contribution in [1.29, 1.82) is 0 Å². The van der Waals surface area contributed by atoms with Crippen LogP contribution in [-0.4, -0.2) is 19.8 Å². The number of halogens is 1. The topological polar surface area (TPSA) is 21.3 Å². The molecule has 1 aliphatic heterocycles. The first-order chi connectivity index (χ1) is 10.8. The van der Waals surface area contributed by atoms with Crippen molar-refractivity contribution in [1.82, 2.24) is 5.32 Å². The van der Waals surface area contributed by atoms with Crippen LogP contribution < -0.4 is 5.32 Å². The Hall–Kier alpha value is -1.16. The summed E-state index contributed by atoms with van der Waals surface area (Å²) in [6.07, 6.45) is 2.17. The summed E-state index contributed by atoms with van der Waals surface area (Å²) in [6, 6.07) is 19.4. The molecule has 0 aliphatic carbocycles. The van der Waals surface area contributed by atoms with Gasteiger partial charge >= 0.3 is 0 Å². The largest absolute Gasteiger partial charge is 0.381 e. The molecular formula is C19H22BrNO. The Morgan fingerprint density at radius 1 is 1.00 bits per heavy atom. The molecule has 3 rings (SSSR count). The lowest BCUT2D eigenvalue weighted by atomic mass is 9.74. The van der Waals surface area contributed by atoms with Crippen LogP contribution in [-0.2, 0) is 16.7 Å². The molecule has 0 atom stereocenters. The van der Waals surface area contributed by atoms with Crippen molar-refractivity contribution >= 4 is 15.9 Å². The summed E-state index contributed by atoms with van der Waals surface area (Å²) < 4.78 is 6.73. The first-order valence-electron chi connectivity index (χ1n) is 7.87. The van der Waals surface area contributed by atoms with Gasteiger partial charge in [-0.3, -0.25) is 0 Å². The number of hydrogen-bond acceptors (Lipinski definition) is 2. The molecule has 0 saturated carbocycles. The maximum Gasteiger partial charge on any atom is 0.0475 e. The number of nitrogens with one attached hydrogen (secondary N) is 1. The van der Waals surface area contributed by atoms with Crippen LogP contribution in [0, 0.1) is 0 Å². The predicted octanol–water partition coefficient (Wildman–Crippen LogP) is 4.29. The fourth-order valence-electron chi connectivity index (χ4n) is 3.21. The SMILES string of the molecule is Brc1cccc(CNCC2(c3ccccc3)CCOCC2)c1. The number of rotatable bonds is 5. The summed E-state index contributed by atoms with van der Waals surface area (Å²) in [5, 5.41) is 3.66. The first kappa shape index (κ1) is 15.7. The highest BCUT2D eigenvalue weighted by Crippen LogP contribution is 2.34. The lowest BCUT2D eigenvalue weighted by Gasteiger charge is -2.38. The van der Waals surface area contributed by atoms with Gasteiger partial charge in [-0.1, -0.05) is 58.4 Å². The maximum atomic E-state index is 5.59. The second-order valence-electron chi connectivity index (χ2n) is 5.99. The van der Waals surface area contributed by atoms with E-state index in [0.29, 0.717) is 0 Å². The molecule has 0 aromatic heterocycles. The molecule has 0 unspecified atom stereocenters. The van der Waals surface area contributed by atoms with Crippen molar-refractivity contribution in [3.05, 3.63) is 70.2 Å². The van der Waals surface area contributed by atoms with Crippen LogP contribution in [0.3, 0.4) is 0 Å². The third-order valence-electron chi connectivity index (χ3n) is 4.52. The van der Waals surface area contributed by atoms with E-state index in [1.807, 2.05) is 0 Å². The number of hydrogen-bond donors (Lipinski definition) is 1. The van der Waals surface area contributed by atoms with Gasteiger partial charge in [-0.2, -0.15) is 0 Å². The molecule has 1 N–H and O–H groups in total. The Kier molecular flexibility index (Phi) is 5.29. The fourth-order valence-corrected chi connectivity index (χ4v) is 3.66. The number of ether oxygens (including phenoxy) is 1. The van der Waals surface area contributed by atoms with Gasteiger partial charge in [0.1, 0.15) is 0 Å². The summed E-state index contributed by atoms with van der Waals surface area (Å²) in [6.45, 7) is 3.60. The van der Waals surface area contributed by atoms with Crippen LogP contribution in [0.4, 0.5) is 0 Å². The Labute approximate surface area is 141 Å². The van der Waals surface area contributed by atoms with E-state index in [9.17, 15) is 0 Å². The van der Waals surface area contributed by atoms with Crippen LogP contribution in [0.2, 0.25) is 0 Å². The minimum Gasteiger partial charge on any atom is -0.381 e. The first-order valence-corrected chi connectivity index (χ1v) is 8.66. The molecule has 2 nitrogen and oxygen atoms in total. The van der Waals surface area contributed by atoms with Gasteiger partial charge in [0.25, 0.3) is 0 Å². The molecule has 2 aromatic rings. The van der Waals surface area contributed by atoms with E-state index in [2.05, 4.69) is 75.8 Å². The molecule has 1 saturated heterocycles.